The number of nitrogens with zero attached hydrogens (tertiary/aromatic N) is 3. The van der Waals surface area contributed by atoms with Crippen molar-refractivity contribution >= 4 is 5.84 Å². The summed E-state index contributed by atoms with van der Waals surface area (Å²) in [4.78, 5) is 2.43. The SMILES string of the molecule is CCn1nc(C)cc1CN1CCC(C(=N)N)CC1. The van der Waals surface area contributed by atoms with Gasteiger partial charge in [0, 0.05) is 19.0 Å². The average molecular weight is 249 g/mol. The molecule has 1 aliphatic rings. The Morgan fingerprint density at radius 2 is 2.17 bits per heavy atom. The van der Waals surface area contributed by atoms with Gasteiger partial charge in [-0.3, -0.25) is 15.0 Å². The van der Waals surface area contributed by atoms with Crippen molar-refractivity contribution < 1.29 is 0 Å². The van der Waals surface area contributed by atoms with Crippen molar-refractivity contribution in [3.8, 4) is 0 Å². The molecule has 2 heterocycles. The molecule has 1 aromatic rings. The summed E-state index contributed by atoms with van der Waals surface area (Å²) in [5.74, 6) is 0.642. The highest BCUT2D eigenvalue weighted by Gasteiger charge is 2.21. The van der Waals surface area contributed by atoms with Crippen LogP contribution in [0.4, 0.5) is 0 Å². The third-order valence-corrected chi connectivity index (χ3v) is 3.70. The van der Waals surface area contributed by atoms with E-state index in [4.69, 9.17) is 11.1 Å². The number of piperidine rings is 1. The molecule has 2 rings (SSSR count). The number of aryl methyl sites for hydroxylation is 2. The van der Waals surface area contributed by atoms with Crippen molar-refractivity contribution in [3.63, 3.8) is 0 Å². The van der Waals surface area contributed by atoms with Crippen LogP contribution in [0.5, 0.6) is 0 Å². The number of hydrogen-bond acceptors (Lipinski definition) is 3. The first kappa shape index (κ1) is 13.1. The number of likely N-dealkylation sites (tertiary alicyclic amines) is 1. The van der Waals surface area contributed by atoms with Crippen LogP contribution in [-0.4, -0.2) is 33.6 Å². The van der Waals surface area contributed by atoms with Crippen LogP contribution in [0.2, 0.25) is 0 Å². The Morgan fingerprint density at radius 1 is 1.50 bits per heavy atom. The Balaban J connectivity index is 1.93. The van der Waals surface area contributed by atoms with Crippen LogP contribution in [0.25, 0.3) is 0 Å². The van der Waals surface area contributed by atoms with Crippen LogP contribution < -0.4 is 5.73 Å². The number of nitrogens with two attached hydrogens (primary N) is 1. The van der Waals surface area contributed by atoms with E-state index in [0.717, 1.165) is 44.7 Å². The number of hydrogen-bond donors (Lipinski definition) is 2. The van der Waals surface area contributed by atoms with Crippen LogP contribution in [0.3, 0.4) is 0 Å². The standard InChI is InChI=1S/C13H23N5/c1-3-18-12(8-10(2)16-18)9-17-6-4-11(5-7-17)13(14)15/h8,11H,3-7,9H2,1-2H3,(H3,14,15). The van der Waals surface area contributed by atoms with Gasteiger partial charge in [-0.1, -0.05) is 0 Å². The van der Waals surface area contributed by atoms with Crippen molar-refractivity contribution in [2.24, 2.45) is 11.7 Å². The lowest BCUT2D eigenvalue weighted by atomic mass is 9.96. The summed E-state index contributed by atoms with van der Waals surface area (Å²) in [5.41, 5.74) is 7.94. The molecule has 1 aromatic heterocycles. The Labute approximate surface area is 108 Å². The third kappa shape index (κ3) is 2.90. The lowest BCUT2D eigenvalue weighted by Gasteiger charge is -2.31. The normalized spacial score (nSPS) is 18.1. The third-order valence-electron chi connectivity index (χ3n) is 3.70. The Kier molecular flexibility index (Phi) is 4.01. The zero-order valence-electron chi connectivity index (χ0n) is 11.3. The molecule has 0 unspecified atom stereocenters. The fourth-order valence-corrected chi connectivity index (χ4v) is 2.63. The molecule has 0 aromatic carbocycles. The first-order valence-corrected chi connectivity index (χ1v) is 6.69. The Morgan fingerprint density at radius 3 is 2.72 bits per heavy atom. The molecule has 5 heteroatoms. The number of amidine groups is 1. The van der Waals surface area contributed by atoms with E-state index in [1.807, 2.05) is 6.92 Å². The van der Waals surface area contributed by atoms with Gasteiger partial charge in [-0.15, -0.1) is 0 Å². The van der Waals surface area contributed by atoms with E-state index in [0.29, 0.717) is 11.8 Å². The fourth-order valence-electron chi connectivity index (χ4n) is 2.63. The van der Waals surface area contributed by atoms with E-state index in [-0.39, 0.29) is 0 Å². The zero-order chi connectivity index (χ0) is 13.1. The summed E-state index contributed by atoms with van der Waals surface area (Å²) in [7, 11) is 0. The van der Waals surface area contributed by atoms with E-state index in [1.54, 1.807) is 0 Å². The molecule has 0 atom stereocenters. The molecule has 100 valence electrons. The highest BCUT2D eigenvalue weighted by Crippen LogP contribution is 2.19. The lowest BCUT2D eigenvalue weighted by Crippen LogP contribution is -2.38. The van der Waals surface area contributed by atoms with Crippen LogP contribution in [0.1, 0.15) is 31.2 Å². The molecule has 0 amide bonds. The molecular formula is C13H23N5. The fraction of sp³-hybridized carbons (Fsp3) is 0.692. The van der Waals surface area contributed by atoms with E-state index >= 15 is 0 Å². The van der Waals surface area contributed by atoms with Gasteiger partial charge in [-0.25, -0.2) is 0 Å². The van der Waals surface area contributed by atoms with Gasteiger partial charge in [0.1, 0.15) is 0 Å². The smallest absolute Gasteiger partial charge is 0.0937 e. The zero-order valence-corrected chi connectivity index (χ0v) is 11.3. The molecule has 0 bridgehead atoms. The molecule has 0 spiro atoms. The van der Waals surface area contributed by atoms with Gasteiger partial charge in [-0.2, -0.15) is 5.10 Å². The van der Waals surface area contributed by atoms with E-state index in [2.05, 4.69) is 27.7 Å². The maximum atomic E-state index is 7.49. The summed E-state index contributed by atoms with van der Waals surface area (Å²) in [6.07, 6.45) is 2.02. The largest absolute Gasteiger partial charge is 0.387 e. The predicted molar refractivity (Wildman–Crippen MR) is 72.6 cm³/mol. The van der Waals surface area contributed by atoms with Gasteiger partial charge >= 0.3 is 0 Å². The van der Waals surface area contributed by atoms with Crippen molar-refractivity contribution in [1.82, 2.24) is 14.7 Å². The van der Waals surface area contributed by atoms with Crippen LogP contribution in [0, 0.1) is 18.3 Å². The molecule has 0 saturated carbocycles. The minimum Gasteiger partial charge on any atom is -0.387 e. The second kappa shape index (κ2) is 5.52. The second-order valence-corrected chi connectivity index (χ2v) is 5.10. The molecule has 0 aliphatic carbocycles. The lowest BCUT2D eigenvalue weighted by molar-refractivity contribution is 0.196. The van der Waals surface area contributed by atoms with Crippen LogP contribution in [-0.2, 0) is 13.1 Å². The molecule has 1 aliphatic heterocycles. The van der Waals surface area contributed by atoms with E-state index in [1.165, 1.54) is 5.69 Å². The maximum Gasteiger partial charge on any atom is 0.0937 e. The molecule has 18 heavy (non-hydrogen) atoms. The molecule has 3 N–H and O–H groups in total. The summed E-state index contributed by atoms with van der Waals surface area (Å²) in [6, 6.07) is 2.17. The van der Waals surface area contributed by atoms with E-state index < -0.39 is 0 Å². The molecule has 0 radical (unpaired) electrons. The van der Waals surface area contributed by atoms with Gasteiger partial charge in [0.2, 0.25) is 0 Å². The molecule has 5 nitrogen and oxygen atoms in total. The van der Waals surface area contributed by atoms with Crippen LogP contribution in [0.15, 0.2) is 6.07 Å². The monoisotopic (exact) mass is 249 g/mol. The van der Waals surface area contributed by atoms with Crippen LogP contribution >= 0.6 is 0 Å². The summed E-state index contributed by atoms with van der Waals surface area (Å²) in [5, 5.41) is 12.0. The van der Waals surface area contributed by atoms with Crippen molar-refractivity contribution in [3.05, 3.63) is 17.5 Å². The topological polar surface area (TPSA) is 70.9 Å². The first-order valence-electron chi connectivity index (χ1n) is 6.69. The maximum absolute atomic E-state index is 7.49. The summed E-state index contributed by atoms with van der Waals surface area (Å²) >= 11 is 0. The van der Waals surface area contributed by atoms with Gasteiger partial charge in [0.05, 0.1) is 17.2 Å². The Hall–Kier alpha value is -1.36. The predicted octanol–water partition coefficient (Wildman–Crippen LogP) is 1.36. The second-order valence-electron chi connectivity index (χ2n) is 5.10. The number of nitrogens with one attached hydrogen (secondary N) is 1. The van der Waals surface area contributed by atoms with Crippen molar-refractivity contribution in [2.75, 3.05) is 13.1 Å². The molecule has 1 saturated heterocycles. The number of aromatic nitrogens is 2. The summed E-state index contributed by atoms with van der Waals surface area (Å²) in [6.45, 7) is 8.10. The van der Waals surface area contributed by atoms with Gasteiger partial charge in [-0.05, 0) is 45.8 Å². The molecule has 1 fully saturated rings. The van der Waals surface area contributed by atoms with Gasteiger partial charge in [0.15, 0.2) is 0 Å². The van der Waals surface area contributed by atoms with Gasteiger partial charge < -0.3 is 5.73 Å². The summed E-state index contributed by atoms with van der Waals surface area (Å²) < 4.78 is 2.08. The average Bonchev–Trinajstić information content (AvgIpc) is 2.70. The first-order chi connectivity index (χ1) is 8.60. The van der Waals surface area contributed by atoms with Crippen molar-refractivity contribution in [1.29, 1.82) is 5.41 Å². The van der Waals surface area contributed by atoms with Crippen molar-refractivity contribution in [2.45, 2.75) is 39.8 Å². The van der Waals surface area contributed by atoms with E-state index in [9.17, 15) is 0 Å². The van der Waals surface area contributed by atoms with Gasteiger partial charge in [0.25, 0.3) is 0 Å². The number of rotatable bonds is 4. The highest BCUT2D eigenvalue weighted by atomic mass is 15.3. The Bertz CT molecular complexity index is 415. The minimum absolute atomic E-state index is 0.291. The quantitative estimate of drug-likeness (QED) is 0.625. The minimum atomic E-state index is 0.291. The molecular weight excluding hydrogens is 226 g/mol. The highest BCUT2D eigenvalue weighted by molar-refractivity contribution is 5.79.